The first-order valence-electron chi connectivity index (χ1n) is 8.96. The SMILES string of the molecule is CCCCC(CCN(C)C(=O)OC(C)(C)C)Oc1cc(Cl)ccc1C#N. The van der Waals surface area contributed by atoms with Crippen LogP contribution >= 0.6 is 11.6 Å². The Labute approximate surface area is 161 Å². The van der Waals surface area contributed by atoms with Crippen LogP contribution in [0.3, 0.4) is 0 Å². The summed E-state index contributed by atoms with van der Waals surface area (Å²) in [5.41, 5.74) is -0.0669. The molecule has 1 aromatic rings. The van der Waals surface area contributed by atoms with Crippen molar-refractivity contribution in [2.75, 3.05) is 13.6 Å². The molecule has 1 amide bonds. The number of ether oxygens (including phenoxy) is 2. The predicted molar refractivity (Wildman–Crippen MR) is 104 cm³/mol. The number of benzene rings is 1. The van der Waals surface area contributed by atoms with Crippen LogP contribution in [0.4, 0.5) is 4.79 Å². The van der Waals surface area contributed by atoms with Gasteiger partial charge < -0.3 is 14.4 Å². The highest BCUT2D eigenvalue weighted by Gasteiger charge is 2.21. The molecule has 26 heavy (non-hydrogen) atoms. The second kappa shape index (κ2) is 10.3. The van der Waals surface area contributed by atoms with Gasteiger partial charge in [-0.15, -0.1) is 0 Å². The average Bonchev–Trinajstić information content (AvgIpc) is 2.55. The van der Waals surface area contributed by atoms with Gasteiger partial charge in [0.25, 0.3) is 0 Å². The van der Waals surface area contributed by atoms with Crippen molar-refractivity contribution in [1.29, 1.82) is 5.26 Å². The van der Waals surface area contributed by atoms with E-state index in [0.29, 0.717) is 29.3 Å². The molecule has 1 aromatic carbocycles. The zero-order chi connectivity index (χ0) is 19.7. The molecule has 6 heteroatoms. The van der Waals surface area contributed by atoms with E-state index in [9.17, 15) is 10.1 Å². The van der Waals surface area contributed by atoms with Crippen LogP contribution in [-0.2, 0) is 4.74 Å². The van der Waals surface area contributed by atoms with Crippen LogP contribution in [0.25, 0.3) is 0 Å². The maximum Gasteiger partial charge on any atom is 0.410 e. The number of carbonyl (C=O) groups is 1. The summed E-state index contributed by atoms with van der Waals surface area (Å²) in [5, 5.41) is 9.78. The molecule has 0 saturated carbocycles. The van der Waals surface area contributed by atoms with E-state index in [-0.39, 0.29) is 12.2 Å². The molecule has 0 saturated heterocycles. The van der Waals surface area contributed by atoms with Crippen molar-refractivity contribution in [3.63, 3.8) is 0 Å². The first kappa shape index (κ1) is 22.1. The third-order valence-electron chi connectivity index (χ3n) is 3.73. The van der Waals surface area contributed by atoms with Crippen molar-refractivity contribution in [2.45, 2.75) is 65.1 Å². The van der Waals surface area contributed by atoms with E-state index in [0.717, 1.165) is 19.3 Å². The van der Waals surface area contributed by atoms with Crippen molar-refractivity contribution < 1.29 is 14.3 Å². The van der Waals surface area contributed by atoms with Gasteiger partial charge >= 0.3 is 6.09 Å². The Morgan fingerprint density at radius 2 is 2.04 bits per heavy atom. The monoisotopic (exact) mass is 380 g/mol. The van der Waals surface area contributed by atoms with E-state index < -0.39 is 5.60 Å². The minimum Gasteiger partial charge on any atom is -0.489 e. The number of carbonyl (C=O) groups excluding carboxylic acids is 1. The van der Waals surface area contributed by atoms with Crippen LogP contribution in [0, 0.1) is 11.3 Å². The maximum absolute atomic E-state index is 12.1. The molecule has 1 atom stereocenters. The number of amides is 1. The van der Waals surface area contributed by atoms with E-state index in [2.05, 4.69) is 13.0 Å². The Morgan fingerprint density at radius 1 is 1.35 bits per heavy atom. The first-order valence-corrected chi connectivity index (χ1v) is 9.34. The van der Waals surface area contributed by atoms with Crippen LogP contribution < -0.4 is 4.74 Å². The summed E-state index contributed by atoms with van der Waals surface area (Å²) in [6.07, 6.45) is 3.08. The zero-order valence-electron chi connectivity index (χ0n) is 16.3. The fourth-order valence-electron chi connectivity index (χ4n) is 2.33. The largest absolute Gasteiger partial charge is 0.489 e. The highest BCUT2D eigenvalue weighted by atomic mass is 35.5. The summed E-state index contributed by atoms with van der Waals surface area (Å²) in [6.45, 7) is 8.15. The predicted octanol–water partition coefficient (Wildman–Crippen LogP) is 5.41. The summed E-state index contributed by atoms with van der Waals surface area (Å²) in [5.74, 6) is 0.487. The van der Waals surface area contributed by atoms with Crippen LogP contribution in [0.5, 0.6) is 5.75 Å². The Balaban J connectivity index is 2.74. The number of unbranched alkanes of at least 4 members (excludes halogenated alkanes) is 1. The van der Waals surface area contributed by atoms with Crippen molar-refractivity contribution in [3.8, 4) is 11.8 Å². The third-order valence-corrected chi connectivity index (χ3v) is 3.96. The van der Waals surface area contributed by atoms with Crippen LogP contribution in [0.1, 0.15) is 58.9 Å². The van der Waals surface area contributed by atoms with Crippen LogP contribution in [-0.4, -0.2) is 36.3 Å². The smallest absolute Gasteiger partial charge is 0.410 e. The van der Waals surface area contributed by atoms with Gasteiger partial charge in [-0.2, -0.15) is 5.26 Å². The van der Waals surface area contributed by atoms with Crippen LogP contribution in [0.15, 0.2) is 18.2 Å². The Kier molecular flexibility index (Phi) is 8.74. The summed E-state index contributed by atoms with van der Waals surface area (Å²) >= 11 is 6.03. The molecule has 0 N–H and O–H groups in total. The van der Waals surface area contributed by atoms with Crippen molar-refractivity contribution in [3.05, 3.63) is 28.8 Å². The van der Waals surface area contributed by atoms with Gasteiger partial charge in [-0.05, 0) is 39.3 Å². The molecule has 0 radical (unpaired) electrons. The first-order chi connectivity index (χ1) is 12.2. The number of rotatable bonds is 8. The number of nitrogens with zero attached hydrogens (tertiary/aromatic N) is 2. The quantitative estimate of drug-likeness (QED) is 0.605. The standard InChI is InChI=1S/C20H29ClN2O3/c1-6-7-8-17(11-12-23(5)19(24)26-20(2,3)4)25-18-13-16(21)10-9-15(18)14-22/h9-10,13,17H,6-8,11-12H2,1-5H3. The van der Waals surface area contributed by atoms with E-state index in [1.165, 1.54) is 0 Å². The lowest BCUT2D eigenvalue weighted by atomic mass is 10.1. The maximum atomic E-state index is 12.1. The van der Waals surface area contributed by atoms with Gasteiger partial charge in [-0.3, -0.25) is 0 Å². The van der Waals surface area contributed by atoms with E-state index >= 15 is 0 Å². The molecule has 0 aliphatic carbocycles. The summed E-state index contributed by atoms with van der Waals surface area (Å²) < 4.78 is 11.4. The lowest BCUT2D eigenvalue weighted by Gasteiger charge is -2.26. The minimum absolute atomic E-state index is 0.106. The van der Waals surface area contributed by atoms with E-state index in [1.807, 2.05) is 20.8 Å². The van der Waals surface area contributed by atoms with E-state index in [1.54, 1.807) is 30.1 Å². The number of nitriles is 1. The molecule has 5 nitrogen and oxygen atoms in total. The molecule has 0 aliphatic heterocycles. The topological polar surface area (TPSA) is 62.6 Å². The van der Waals surface area contributed by atoms with E-state index in [4.69, 9.17) is 21.1 Å². The summed E-state index contributed by atoms with van der Waals surface area (Å²) in [7, 11) is 1.71. The van der Waals surface area contributed by atoms with Gasteiger partial charge in [-0.1, -0.05) is 31.4 Å². The molecule has 144 valence electrons. The van der Waals surface area contributed by atoms with Crippen LogP contribution in [0.2, 0.25) is 5.02 Å². The van der Waals surface area contributed by atoms with Gasteiger partial charge in [0.05, 0.1) is 5.56 Å². The van der Waals surface area contributed by atoms with Gasteiger partial charge in [0.15, 0.2) is 0 Å². The molecule has 1 unspecified atom stereocenters. The Bertz CT molecular complexity index is 635. The normalized spacial score (nSPS) is 12.2. The fourth-order valence-corrected chi connectivity index (χ4v) is 2.49. The Hall–Kier alpha value is -1.93. The number of halogens is 1. The number of hydrogen-bond acceptors (Lipinski definition) is 4. The van der Waals surface area contributed by atoms with Gasteiger partial charge in [0.2, 0.25) is 0 Å². The van der Waals surface area contributed by atoms with Gasteiger partial charge in [0.1, 0.15) is 23.5 Å². The Morgan fingerprint density at radius 3 is 2.62 bits per heavy atom. The van der Waals surface area contributed by atoms with Crippen molar-refractivity contribution >= 4 is 17.7 Å². The average molecular weight is 381 g/mol. The molecule has 0 spiro atoms. The molecule has 0 aromatic heterocycles. The molecule has 0 heterocycles. The summed E-state index contributed by atoms with van der Waals surface area (Å²) in [4.78, 5) is 13.6. The molecular formula is C20H29ClN2O3. The summed E-state index contributed by atoms with van der Waals surface area (Å²) in [6, 6.07) is 7.11. The second-order valence-electron chi connectivity index (χ2n) is 7.32. The lowest BCUT2D eigenvalue weighted by Crippen LogP contribution is -2.36. The van der Waals surface area contributed by atoms with Crippen molar-refractivity contribution in [1.82, 2.24) is 4.90 Å². The fraction of sp³-hybridized carbons (Fsp3) is 0.600. The second-order valence-corrected chi connectivity index (χ2v) is 7.76. The lowest BCUT2D eigenvalue weighted by molar-refractivity contribution is 0.0277. The van der Waals surface area contributed by atoms with Gasteiger partial charge in [-0.25, -0.2) is 4.79 Å². The third kappa shape index (κ3) is 7.97. The molecule has 0 fully saturated rings. The van der Waals surface area contributed by atoms with Crippen molar-refractivity contribution in [2.24, 2.45) is 0 Å². The molecule has 0 bridgehead atoms. The highest BCUT2D eigenvalue weighted by molar-refractivity contribution is 6.30. The minimum atomic E-state index is -0.522. The molecular weight excluding hydrogens is 352 g/mol. The molecule has 0 aliphatic rings. The highest BCUT2D eigenvalue weighted by Crippen LogP contribution is 2.25. The van der Waals surface area contributed by atoms with Gasteiger partial charge in [0, 0.05) is 31.1 Å². The zero-order valence-corrected chi connectivity index (χ0v) is 17.1. The molecule has 1 rings (SSSR count). The number of hydrogen-bond donors (Lipinski definition) is 0.